The van der Waals surface area contributed by atoms with E-state index in [9.17, 15) is 26.3 Å². The van der Waals surface area contributed by atoms with Gasteiger partial charge in [0.1, 0.15) is 0 Å². The van der Waals surface area contributed by atoms with Crippen molar-refractivity contribution in [1.29, 1.82) is 0 Å². The molecule has 1 heterocycles. The lowest BCUT2D eigenvalue weighted by atomic mass is 9.79. The van der Waals surface area contributed by atoms with Crippen molar-refractivity contribution >= 4 is 12.4 Å². The predicted molar refractivity (Wildman–Crippen MR) is 97.5 cm³/mol. The van der Waals surface area contributed by atoms with Gasteiger partial charge in [-0.1, -0.05) is 19.3 Å². The molecular formula is C19H25ClF6N2. The van der Waals surface area contributed by atoms with Crippen molar-refractivity contribution < 1.29 is 26.3 Å². The summed E-state index contributed by atoms with van der Waals surface area (Å²) in [6.45, 7) is 2.63. The molecule has 1 aliphatic carbocycles. The Bertz CT molecular complexity index is 584. The Balaban J connectivity index is 0.00000280. The van der Waals surface area contributed by atoms with Crippen molar-refractivity contribution in [1.82, 2.24) is 10.2 Å². The predicted octanol–water partition coefficient (Wildman–Crippen LogP) is 5.67. The lowest BCUT2D eigenvalue weighted by Gasteiger charge is -2.41. The van der Waals surface area contributed by atoms with Crippen LogP contribution < -0.4 is 5.32 Å². The molecule has 1 saturated heterocycles. The summed E-state index contributed by atoms with van der Waals surface area (Å²) in [6, 6.07) is 1.67. The molecule has 0 spiro atoms. The largest absolute Gasteiger partial charge is 0.416 e. The van der Waals surface area contributed by atoms with E-state index in [1.807, 2.05) is 0 Å². The maximum atomic E-state index is 13.3. The minimum Gasteiger partial charge on any atom is -0.314 e. The highest BCUT2D eigenvalue weighted by Crippen LogP contribution is 2.43. The zero-order valence-electron chi connectivity index (χ0n) is 15.4. The SMILES string of the molecule is Cl.FC(F)(F)c1cc([C@@H](C2CCCCC2)N2CCNCC2)cc(C(F)(F)F)c1. The number of alkyl halides is 6. The van der Waals surface area contributed by atoms with E-state index >= 15 is 0 Å². The summed E-state index contributed by atoms with van der Waals surface area (Å²) in [6.07, 6.45) is -4.93. The van der Waals surface area contributed by atoms with Crippen LogP contribution in [0.15, 0.2) is 18.2 Å². The van der Waals surface area contributed by atoms with Gasteiger partial charge >= 0.3 is 12.4 Å². The molecule has 1 aromatic rings. The first-order valence-corrected chi connectivity index (χ1v) is 9.40. The van der Waals surface area contributed by atoms with Gasteiger partial charge in [-0.15, -0.1) is 12.4 Å². The van der Waals surface area contributed by atoms with E-state index in [4.69, 9.17) is 0 Å². The monoisotopic (exact) mass is 430 g/mol. The standard InChI is InChI=1S/C19H24F6N2.ClH/c20-18(21,22)15-10-14(11-16(12-15)19(23,24)25)17(13-4-2-1-3-5-13)27-8-6-26-7-9-27;/h10-13,17,26H,1-9H2;1H/t17-;/m1./s1. The zero-order valence-corrected chi connectivity index (χ0v) is 16.2. The molecule has 1 aromatic carbocycles. The third kappa shape index (κ3) is 5.54. The fourth-order valence-corrected chi connectivity index (χ4v) is 4.34. The summed E-state index contributed by atoms with van der Waals surface area (Å²) in [7, 11) is 0. The van der Waals surface area contributed by atoms with Crippen LogP contribution in [0.4, 0.5) is 26.3 Å². The topological polar surface area (TPSA) is 15.3 Å². The van der Waals surface area contributed by atoms with Crippen LogP contribution in [0.3, 0.4) is 0 Å². The van der Waals surface area contributed by atoms with Gasteiger partial charge in [0, 0.05) is 32.2 Å². The van der Waals surface area contributed by atoms with Crippen molar-refractivity contribution in [2.24, 2.45) is 5.92 Å². The number of hydrogen-bond donors (Lipinski definition) is 1. The third-order valence-corrected chi connectivity index (χ3v) is 5.59. The summed E-state index contributed by atoms with van der Waals surface area (Å²) in [4.78, 5) is 2.06. The summed E-state index contributed by atoms with van der Waals surface area (Å²) in [5.41, 5.74) is -2.29. The zero-order chi connectivity index (χ0) is 19.7. The summed E-state index contributed by atoms with van der Waals surface area (Å²) >= 11 is 0. The Kier molecular flexibility index (Phi) is 7.67. The number of hydrogen-bond acceptors (Lipinski definition) is 2. The van der Waals surface area contributed by atoms with Crippen molar-refractivity contribution in [2.45, 2.75) is 50.5 Å². The average molecular weight is 431 g/mol. The van der Waals surface area contributed by atoms with Crippen molar-refractivity contribution in [3.05, 3.63) is 34.9 Å². The van der Waals surface area contributed by atoms with Crippen LogP contribution in [0, 0.1) is 5.92 Å². The van der Waals surface area contributed by atoms with Crippen LogP contribution in [0.1, 0.15) is 54.8 Å². The van der Waals surface area contributed by atoms with Gasteiger partial charge in [-0.05, 0) is 42.5 Å². The average Bonchev–Trinajstić information content (AvgIpc) is 2.62. The van der Waals surface area contributed by atoms with Crippen LogP contribution >= 0.6 is 12.4 Å². The molecule has 0 radical (unpaired) electrons. The van der Waals surface area contributed by atoms with Gasteiger partial charge in [0.25, 0.3) is 0 Å². The second-order valence-corrected chi connectivity index (χ2v) is 7.47. The summed E-state index contributed by atoms with van der Waals surface area (Å²) < 4.78 is 79.8. The summed E-state index contributed by atoms with van der Waals surface area (Å²) in [5, 5.41) is 3.19. The minimum absolute atomic E-state index is 0. The first-order valence-electron chi connectivity index (χ1n) is 9.40. The fraction of sp³-hybridized carbons (Fsp3) is 0.684. The molecule has 0 aromatic heterocycles. The number of rotatable bonds is 3. The van der Waals surface area contributed by atoms with E-state index in [1.54, 1.807) is 0 Å². The Morgan fingerprint density at radius 3 is 1.79 bits per heavy atom. The first-order chi connectivity index (χ1) is 12.7. The van der Waals surface area contributed by atoms with Gasteiger partial charge in [-0.3, -0.25) is 4.90 Å². The van der Waals surface area contributed by atoms with Gasteiger partial charge in [0.2, 0.25) is 0 Å². The lowest BCUT2D eigenvalue weighted by molar-refractivity contribution is -0.143. The molecule has 0 bridgehead atoms. The quantitative estimate of drug-likeness (QED) is 0.621. The van der Waals surface area contributed by atoms with E-state index in [1.165, 1.54) is 0 Å². The van der Waals surface area contributed by atoms with E-state index < -0.39 is 29.5 Å². The highest BCUT2D eigenvalue weighted by Gasteiger charge is 2.39. The van der Waals surface area contributed by atoms with Crippen LogP contribution in [-0.4, -0.2) is 31.1 Å². The van der Waals surface area contributed by atoms with E-state index in [-0.39, 0.29) is 30.0 Å². The number of piperazine rings is 1. The van der Waals surface area contributed by atoms with Crippen molar-refractivity contribution in [2.75, 3.05) is 26.2 Å². The molecule has 28 heavy (non-hydrogen) atoms. The second-order valence-electron chi connectivity index (χ2n) is 7.47. The van der Waals surface area contributed by atoms with Gasteiger partial charge in [-0.2, -0.15) is 26.3 Å². The molecule has 9 heteroatoms. The normalized spacial score (nSPS) is 21.2. The molecule has 2 fully saturated rings. The number of nitrogens with one attached hydrogen (secondary N) is 1. The molecule has 3 rings (SSSR count). The Morgan fingerprint density at radius 1 is 0.821 bits per heavy atom. The maximum Gasteiger partial charge on any atom is 0.416 e. The van der Waals surface area contributed by atoms with E-state index in [0.717, 1.165) is 44.2 Å². The Hall–Kier alpha value is -0.990. The fourth-order valence-electron chi connectivity index (χ4n) is 4.34. The molecule has 1 N–H and O–H groups in total. The Labute approximate surface area is 167 Å². The van der Waals surface area contributed by atoms with Crippen molar-refractivity contribution in [3.63, 3.8) is 0 Å². The van der Waals surface area contributed by atoms with E-state index in [0.29, 0.717) is 26.2 Å². The highest BCUT2D eigenvalue weighted by atomic mass is 35.5. The number of halogens is 7. The third-order valence-electron chi connectivity index (χ3n) is 5.59. The summed E-state index contributed by atoms with van der Waals surface area (Å²) in [5.74, 6) is 0.0846. The van der Waals surface area contributed by atoms with E-state index in [2.05, 4.69) is 10.2 Å². The van der Waals surface area contributed by atoms with Gasteiger partial charge < -0.3 is 5.32 Å². The highest BCUT2D eigenvalue weighted by molar-refractivity contribution is 5.85. The van der Waals surface area contributed by atoms with Gasteiger partial charge in [0.15, 0.2) is 0 Å². The molecule has 0 unspecified atom stereocenters. The molecule has 160 valence electrons. The molecule has 2 nitrogen and oxygen atoms in total. The second kappa shape index (κ2) is 9.22. The van der Waals surface area contributed by atoms with Crippen LogP contribution in [-0.2, 0) is 12.4 Å². The number of nitrogens with zero attached hydrogens (tertiary/aromatic N) is 1. The van der Waals surface area contributed by atoms with Crippen molar-refractivity contribution in [3.8, 4) is 0 Å². The lowest BCUT2D eigenvalue weighted by Crippen LogP contribution is -2.47. The van der Waals surface area contributed by atoms with Gasteiger partial charge in [-0.25, -0.2) is 0 Å². The van der Waals surface area contributed by atoms with Crippen LogP contribution in [0.2, 0.25) is 0 Å². The minimum atomic E-state index is -4.81. The smallest absolute Gasteiger partial charge is 0.314 e. The van der Waals surface area contributed by atoms with Crippen LogP contribution in [0.5, 0.6) is 0 Å². The van der Waals surface area contributed by atoms with Crippen LogP contribution in [0.25, 0.3) is 0 Å². The molecule has 1 aliphatic heterocycles. The van der Waals surface area contributed by atoms with Gasteiger partial charge in [0.05, 0.1) is 11.1 Å². The molecule has 2 aliphatic rings. The molecular weight excluding hydrogens is 406 g/mol. The molecule has 1 saturated carbocycles. The maximum absolute atomic E-state index is 13.3. The molecule has 0 amide bonds. The molecule has 1 atom stereocenters. The Morgan fingerprint density at radius 2 is 1.32 bits per heavy atom. The first kappa shape index (κ1) is 23.3. The number of benzene rings is 1.